The summed E-state index contributed by atoms with van der Waals surface area (Å²) in [6, 6.07) is 21.7. The van der Waals surface area contributed by atoms with E-state index >= 15 is 0 Å². The van der Waals surface area contributed by atoms with Gasteiger partial charge >= 0.3 is 0 Å². The number of piperazine rings is 1. The molecule has 1 saturated heterocycles. The maximum absolute atomic E-state index is 14.3. The molecule has 0 spiro atoms. The van der Waals surface area contributed by atoms with Crippen molar-refractivity contribution < 1.29 is 42.4 Å². The van der Waals surface area contributed by atoms with E-state index in [1.807, 2.05) is 88.4 Å². The van der Waals surface area contributed by atoms with E-state index in [0.717, 1.165) is 33.0 Å². The SMILES string of the molecule is COc1c(C)c(OC)c2c(c1O)[C@@H]1[C@@H]3Cc4c(OC)c(C)c(OC)c(O)c4[C@H](CNC(=O)c4ccc5cc(CNS(=O)(=O)c6cccc7c(N(C)C)cccc67)ccc5c4)N3[C@@H](C#N)[C@H](C2)N1C. The Morgan fingerprint density at radius 1 is 0.794 bits per heavy atom. The number of hydrogen-bond donors (Lipinski definition) is 4. The van der Waals surface area contributed by atoms with E-state index in [4.69, 9.17) is 18.9 Å². The van der Waals surface area contributed by atoms with Crippen molar-refractivity contribution in [2.24, 2.45) is 0 Å². The predicted molar refractivity (Wildman–Crippen MR) is 260 cm³/mol. The van der Waals surface area contributed by atoms with E-state index in [2.05, 4.69) is 25.9 Å². The Balaban J connectivity index is 1.03. The van der Waals surface area contributed by atoms with Crippen LogP contribution in [0.5, 0.6) is 34.5 Å². The normalized spacial score (nSPS) is 19.9. The largest absolute Gasteiger partial charge is 0.504 e. The van der Waals surface area contributed by atoms with Crippen LogP contribution >= 0.6 is 0 Å². The third kappa shape index (κ3) is 7.27. The molecular weight excluding hydrogens is 885 g/mol. The van der Waals surface area contributed by atoms with Gasteiger partial charge in [-0.1, -0.05) is 42.5 Å². The van der Waals surface area contributed by atoms with Crippen LogP contribution in [0.3, 0.4) is 0 Å². The third-order valence-electron chi connectivity index (χ3n) is 14.4. The zero-order chi connectivity index (χ0) is 48.5. The van der Waals surface area contributed by atoms with Gasteiger partial charge in [-0.3, -0.25) is 14.6 Å². The van der Waals surface area contributed by atoms with Crippen LogP contribution in [-0.4, -0.2) is 109 Å². The maximum Gasteiger partial charge on any atom is 0.251 e. The summed E-state index contributed by atoms with van der Waals surface area (Å²) >= 11 is 0. The Morgan fingerprint density at radius 3 is 2.03 bits per heavy atom. The number of fused-ring (bicyclic) bond motifs is 9. The lowest BCUT2D eigenvalue weighted by Crippen LogP contribution is -2.68. The van der Waals surface area contributed by atoms with E-state index in [9.17, 15) is 28.7 Å². The number of nitrogens with one attached hydrogen (secondary N) is 2. The van der Waals surface area contributed by atoms with Crippen LogP contribution in [-0.2, 0) is 29.4 Å². The molecule has 0 unspecified atom stereocenters. The summed E-state index contributed by atoms with van der Waals surface area (Å²) in [7, 11) is 8.07. The molecule has 4 N–H and O–H groups in total. The number of ether oxygens (including phenoxy) is 4. The van der Waals surface area contributed by atoms with Gasteiger partial charge in [-0.15, -0.1) is 0 Å². The van der Waals surface area contributed by atoms with Crippen molar-refractivity contribution in [3.8, 4) is 40.6 Å². The van der Waals surface area contributed by atoms with Gasteiger partial charge in [-0.05, 0) is 80.4 Å². The van der Waals surface area contributed by atoms with Crippen molar-refractivity contribution in [3.05, 3.63) is 117 Å². The number of phenolic OH excluding ortho intramolecular Hbond substituents is 2. The van der Waals surface area contributed by atoms with Gasteiger partial charge in [-0.2, -0.15) is 5.26 Å². The Bertz CT molecular complexity index is 3190. The van der Waals surface area contributed by atoms with Crippen LogP contribution < -0.4 is 33.9 Å². The minimum Gasteiger partial charge on any atom is -0.504 e. The van der Waals surface area contributed by atoms with Crippen LogP contribution in [0.2, 0.25) is 0 Å². The number of phenols is 2. The standard InChI is InChI=1S/C52H56N6O9S/c1-27-48(64-6)35-23-39-45-44-36(49(65-7)28(2)51(67-9)47(44)60)22-38(57(45)5)40(24-53)58(39)41(43(35)46(59)50(27)66-8)26-54-52(61)32-19-18-30-20-29(16-17-31(30)21-32)25-55-68(62,63)42-15-11-12-33-34(42)13-10-14-37(33)56(3)4/h10-21,38-41,45,55,59-60H,22-23,25-26H2,1-9H3,(H,54,61)/t38-,39-,40-,41-,45-/m0/s1. The van der Waals surface area contributed by atoms with Crippen LogP contribution in [0.4, 0.5) is 5.69 Å². The summed E-state index contributed by atoms with van der Waals surface area (Å²) < 4.78 is 53.7. The highest BCUT2D eigenvalue weighted by atomic mass is 32.2. The van der Waals surface area contributed by atoms with Crippen molar-refractivity contribution in [1.29, 1.82) is 5.26 Å². The van der Waals surface area contributed by atoms with Crippen molar-refractivity contribution in [2.75, 3.05) is 61.0 Å². The number of aromatic hydroxyl groups is 2. The van der Waals surface area contributed by atoms with Gasteiger partial charge in [0.25, 0.3) is 5.91 Å². The second-order valence-electron chi connectivity index (χ2n) is 18.0. The maximum atomic E-state index is 14.3. The Labute approximate surface area is 396 Å². The number of methoxy groups -OCH3 is 4. The average Bonchev–Trinajstić information content (AvgIpc) is 3.32. The van der Waals surface area contributed by atoms with Gasteiger partial charge in [0.05, 0.1) is 51.5 Å². The summed E-state index contributed by atoms with van der Waals surface area (Å²) in [6.07, 6.45) is 0.712. The summed E-state index contributed by atoms with van der Waals surface area (Å²) in [4.78, 5) is 20.7. The van der Waals surface area contributed by atoms with Gasteiger partial charge in [0.15, 0.2) is 23.0 Å². The number of hydrogen-bond acceptors (Lipinski definition) is 13. The molecule has 6 aromatic carbocycles. The monoisotopic (exact) mass is 940 g/mol. The molecule has 5 atom stereocenters. The van der Waals surface area contributed by atoms with Crippen molar-refractivity contribution in [3.63, 3.8) is 0 Å². The number of likely N-dealkylation sites (N-methyl/N-ethyl adjacent to an activating group) is 1. The number of amides is 1. The second-order valence-corrected chi connectivity index (χ2v) is 19.7. The molecular formula is C52H56N6O9S. The number of nitriles is 1. The second kappa shape index (κ2) is 17.7. The fraction of sp³-hybridized carbons (Fsp3) is 0.346. The summed E-state index contributed by atoms with van der Waals surface area (Å²) in [6.45, 7) is 3.71. The molecule has 0 aliphatic carbocycles. The molecule has 0 aromatic heterocycles. The van der Waals surface area contributed by atoms with E-state index in [1.54, 1.807) is 38.5 Å². The van der Waals surface area contributed by atoms with E-state index in [-0.39, 0.29) is 47.2 Å². The molecule has 16 heteroatoms. The molecule has 0 saturated carbocycles. The molecule has 354 valence electrons. The molecule has 15 nitrogen and oxygen atoms in total. The number of carbonyl (C=O) groups excluding carboxylic acids is 1. The topological polar surface area (TPSA) is 186 Å². The van der Waals surface area contributed by atoms with Gasteiger partial charge < -0.3 is 39.4 Å². The Kier molecular flexibility index (Phi) is 12.1. The summed E-state index contributed by atoms with van der Waals surface area (Å²) in [5, 5.41) is 41.4. The van der Waals surface area contributed by atoms with Gasteiger partial charge in [0.2, 0.25) is 10.0 Å². The first-order chi connectivity index (χ1) is 32.6. The number of benzene rings is 6. The Morgan fingerprint density at radius 2 is 1.38 bits per heavy atom. The highest BCUT2D eigenvalue weighted by Gasteiger charge is 2.57. The Hall–Kier alpha value is -6.77. The number of carbonyl (C=O) groups is 1. The molecule has 9 rings (SSSR count). The predicted octanol–water partition coefficient (Wildman–Crippen LogP) is 6.80. The first kappa shape index (κ1) is 46.3. The molecule has 6 aromatic rings. The van der Waals surface area contributed by atoms with Gasteiger partial charge in [0, 0.05) is 94.7 Å². The molecule has 1 amide bonds. The smallest absolute Gasteiger partial charge is 0.251 e. The zero-order valence-corrected chi connectivity index (χ0v) is 40.4. The number of sulfonamides is 1. The number of anilines is 1. The number of rotatable bonds is 12. The first-order valence-electron chi connectivity index (χ1n) is 22.4. The van der Waals surface area contributed by atoms with Crippen molar-refractivity contribution in [1.82, 2.24) is 19.8 Å². The molecule has 3 aliphatic heterocycles. The fourth-order valence-corrected chi connectivity index (χ4v) is 12.6. The lowest BCUT2D eigenvalue weighted by Gasteiger charge is -2.60. The van der Waals surface area contributed by atoms with Crippen LogP contribution in [0.25, 0.3) is 21.5 Å². The lowest BCUT2D eigenvalue weighted by atomic mass is 9.71. The van der Waals surface area contributed by atoms with E-state index in [1.165, 1.54) is 14.2 Å². The minimum atomic E-state index is -3.88. The molecule has 68 heavy (non-hydrogen) atoms. The number of nitrogens with zero attached hydrogens (tertiary/aromatic N) is 4. The lowest BCUT2D eigenvalue weighted by molar-refractivity contribution is -0.0724. The molecule has 1 fully saturated rings. The first-order valence-corrected chi connectivity index (χ1v) is 23.9. The van der Waals surface area contributed by atoms with E-state index in [0.29, 0.717) is 68.9 Å². The zero-order valence-electron chi connectivity index (χ0n) is 39.6. The summed E-state index contributed by atoms with van der Waals surface area (Å²) in [5.41, 5.74) is 5.98. The molecule has 3 heterocycles. The summed E-state index contributed by atoms with van der Waals surface area (Å²) in [5.74, 6) is 1.21. The van der Waals surface area contributed by atoms with Crippen molar-refractivity contribution in [2.45, 2.75) is 68.3 Å². The van der Waals surface area contributed by atoms with Crippen LogP contribution in [0, 0.1) is 25.2 Å². The third-order valence-corrected chi connectivity index (χ3v) is 15.8. The van der Waals surface area contributed by atoms with Crippen LogP contribution in [0.1, 0.15) is 61.4 Å². The van der Waals surface area contributed by atoms with Gasteiger partial charge in [0.1, 0.15) is 17.5 Å². The van der Waals surface area contributed by atoms with E-state index < -0.39 is 34.2 Å². The van der Waals surface area contributed by atoms with Crippen molar-refractivity contribution >= 4 is 43.2 Å². The highest BCUT2D eigenvalue weighted by molar-refractivity contribution is 7.89. The highest BCUT2D eigenvalue weighted by Crippen LogP contribution is 2.59. The fourth-order valence-electron chi connectivity index (χ4n) is 11.4. The molecule has 0 radical (unpaired) electrons. The minimum absolute atomic E-state index is 0.00372. The average molecular weight is 941 g/mol. The molecule has 2 bridgehead atoms. The van der Waals surface area contributed by atoms with Gasteiger partial charge in [-0.25, -0.2) is 13.1 Å². The van der Waals surface area contributed by atoms with Crippen LogP contribution in [0.15, 0.2) is 77.7 Å². The molecule has 3 aliphatic rings. The quantitative estimate of drug-likeness (QED) is 0.101.